The molecule has 0 rings (SSSR count). The molecule has 2 unspecified atom stereocenters. The van der Waals surface area contributed by atoms with Crippen molar-refractivity contribution in [2.45, 2.75) is 39.4 Å². The molecular formula is C10H21ClNO4P. The maximum absolute atomic E-state index is 12.2. The van der Waals surface area contributed by atoms with Crippen molar-refractivity contribution >= 4 is 24.4 Å². The first-order chi connectivity index (χ1) is 7.79. The lowest BCUT2D eigenvalue weighted by Crippen LogP contribution is -2.19. The van der Waals surface area contributed by atoms with E-state index in [2.05, 4.69) is 5.32 Å². The Morgan fingerprint density at radius 1 is 1.35 bits per heavy atom. The Morgan fingerprint density at radius 2 is 1.94 bits per heavy atom. The zero-order valence-corrected chi connectivity index (χ0v) is 12.4. The molecule has 0 saturated carbocycles. The second-order valence-corrected chi connectivity index (χ2v) is 6.47. The Hall–Kier alpha value is 0.0700. The van der Waals surface area contributed by atoms with Crippen molar-refractivity contribution < 1.29 is 18.4 Å². The smallest absolute Gasteiger partial charge is 0.320 e. The van der Waals surface area contributed by atoms with Gasteiger partial charge in [0.15, 0.2) is 0 Å². The third kappa shape index (κ3) is 8.75. The van der Waals surface area contributed by atoms with Gasteiger partial charge in [0.25, 0.3) is 0 Å². The zero-order chi connectivity index (χ0) is 13.5. The molecule has 0 radical (unpaired) electrons. The van der Waals surface area contributed by atoms with Crippen LogP contribution < -0.4 is 5.32 Å². The van der Waals surface area contributed by atoms with E-state index >= 15 is 0 Å². The average Bonchev–Trinajstić information content (AvgIpc) is 2.10. The maximum Gasteiger partial charge on any atom is 0.339 e. The van der Waals surface area contributed by atoms with Gasteiger partial charge in [0.2, 0.25) is 5.24 Å². The van der Waals surface area contributed by atoms with Crippen molar-refractivity contribution in [1.29, 1.82) is 0 Å². The lowest BCUT2D eigenvalue weighted by atomic mass is 10.3. The van der Waals surface area contributed by atoms with Crippen molar-refractivity contribution in [3.05, 3.63) is 0 Å². The molecule has 5 nitrogen and oxygen atoms in total. The predicted octanol–water partition coefficient (Wildman–Crippen LogP) is 2.38. The summed E-state index contributed by atoms with van der Waals surface area (Å²) in [6.45, 7) is 5.98. The highest BCUT2D eigenvalue weighted by atomic mass is 35.5. The van der Waals surface area contributed by atoms with Gasteiger partial charge in [-0.1, -0.05) is 0 Å². The van der Waals surface area contributed by atoms with E-state index in [-0.39, 0.29) is 12.2 Å². The normalized spacial score (nSPS) is 16.8. The van der Waals surface area contributed by atoms with E-state index in [4.69, 9.17) is 20.6 Å². The van der Waals surface area contributed by atoms with E-state index in [1.54, 1.807) is 20.8 Å². The standard InChI is InChI=1S/C10H21ClNO4P/c1-8(2)15-17(14,7-10(11)13)16-9(3)5-6-12-4/h8-9,12H,5-7H2,1-4H3. The molecule has 0 amide bonds. The number of hydrogen-bond acceptors (Lipinski definition) is 5. The minimum Gasteiger partial charge on any atom is -0.320 e. The van der Waals surface area contributed by atoms with E-state index in [9.17, 15) is 9.36 Å². The molecule has 0 heterocycles. The van der Waals surface area contributed by atoms with E-state index in [0.717, 1.165) is 6.54 Å². The molecule has 0 aromatic carbocycles. The fourth-order valence-corrected chi connectivity index (χ4v) is 3.49. The quantitative estimate of drug-likeness (QED) is 0.520. The van der Waals surface area contributed by atoms with Gasteiger partial charge in [-0.3, -0.25) is 9.36 Å². The third-order valence-corrected chi connectivity index (χ3v) is 4.25. The highest BCUT2D eigenvalue weighted by molar-refractivity contribution is 7.55. The number of carbonyl (C=O) groups is 1. The van der Waals surface area contributed by atoms with Gasteiger partial charge in [-0.25, -0.2) is 0 Å². The highest BCUT2D eigenvalue weighted by Crippen LogP contribution is 2.50. The molecule has 2 atom stereocenters. The molecule has 17 heavy (non-hydrogen) atoms. The Kier molecular flexibility index (Phi) is 8.25. The summed E-state index contributed by atoms with van der Waals surface area (Å²) in [4.78, 5) is 10.9. The first-order valence-electron chi connectivity index (χ1n) is 5.58. The largest absolute Gasteiger partial charge is 0.339 e. The minimum absolute atomic E-state index is 0.261. The fraction of sp³-hybridized carbons (Fsp3) is 0.900. The van der Waals surface area contributed by atoms with Crippen LogP contribution in [0.4, 0.5) is 0 Å². The van der Waals surface area contributed by atoms with Crippen LogP contribution in [0.25, 0.3) is 0 Å². The molecule has 0 bridgehead atoms. The second kappa shape index (κ2) is 8.22. The zero-order valence-electron chi connectivity index (χ0n) is 10.7. The summed E-state index contributed by atoms with van der Waals surface area (Å²) in [6, 6.07) is 0. The van der Waals surface area contributed by atoms with E-state index < -0.39 is 19.0 Å². The van der Waals surface area contributed by atoms with Gasteiger partial charge in [0, 0.05) is 0 Å². The van der Waals surface area contributed by atoms with Gasteiger partial charge >= 0.3 is 7.60 Å². The molecule has 0 fully saturated rings. The van der Waals surface area contributed by atoms with Gasteiger partial charge < -0.3 is 14.4 Å². The summed E-state index contributed by atoms with van der Waals surface area (Å²) < 4.78 is 22.8. The van der Waals surface area contributed by atoms with E-state index in [0.29, 0.717) is 6.42 Å². The molecule has 0 aromatic heterocycles. The second-order valence-electron chi connectivity index (χ2n) is 4.09. The first-order valence-corrected chi connectivity index (χ1v) is 7.68. The van der Waals surface area contributed by atoms with Gasteiger partial charge in [-0.2, -0.15) is 0 Å². The molecule has 0 saturated heterocycles. The van der Waals surface area contributed by atoms with Gasteiger partial charge in [-0.15, -0.1) is 0 Å². The van der Waals surface area contributed by atoms with Gasteiger partial charge in [0.05, 0.1) is 12.2 Å². The van der Waals surface area contributed by atoms with Crippen LogP contribution >= 0.6 is 19.2 Å². The number of halogens is 1. The van der Waals surface area contributed by atoms with Crippen LogP contribution in [0, 0.1) is 0 Å². The maximum atomic E-state index is 12.2. The fourth-order valence-electron chi connectivity index (χ4n) is 1.25. The predicted molar refractivity (Wildman–Crippen MR) is 68.6 cm³/mol. The number of rotatable bonds is 9. The van der Waals surface area contributed by atoms with Crippen LogP contribution in [-0.2, 0) is 18.4 Å². The Labute approximate surface area is 108 Å². The monoisotopic (exact) mass is 285 g/mol. The molecule has 1 N–H and O–H groups in total. The van der Waals surface area contributed by atoms with Crippen molar-refractivity contribution in [2.75, 3.05) is 19.8 Å². The van der Waals surface area contributed by atoms with Crippen molar-refractivity contribution in [1.82, 2.24) is 5.32 Å². The molecule has 7 heteroatoms. The van der Waals surface area contributed by atoms with E-state index in [1.165, 1.54) is 0 Å². The Bertz CT molecular complexity index is 285. The average molecular weight is 286 g/mol. The van der Waals surface area contributed by atoms with Crippen molar-refractivity contribution in [3.63, 3.8) is 0 Å². The summed E-state index contributed by atoms with van der Waals surface area (Å²) in [6.07, 6.45) is -0.258. The molecule has 0 aliphatic heterocycles. The van der Waals surface area contributed by atoms with Crippen LogP contribution in [-0.4, -0.2) is 37.2 Å². The van der Waals surface area contributed by atoms with E-state index in [1.807, 2.05) is 7.05 Å². The van der Waals surface area contributed by atoms with Crippen LogP contribution in [0.5, 0.6) is 0 Å². The molecule has 0 aliphatic rings. The van der Waals surface area contributed by atoms with Gasteiger partial charge in [-0.05, 0) is 52.4 Å². The van der Waals surface area contributed by atoms with Crippen LogP contribution in [0.15, 0.2) is 0 Å². The van der Waals surface area contributed by atoms with Crippen LogP contribution in [0.3, 0.4) is 0 Å². The molecule has 0 aromatic rings. The lowest BCUT2D eigenvalue weighted by molar-refractivity contribution is -0.109. The third-order valence-electron chi connectivity index (χ3n) is 1.83. The first kappa shape index (κ1) is 17.1. The topological polar surface area (TPSA) is 64.6 Å². The SMILES string of the molecule is CNCCC(C)OP(=O)(CC(=O)Cl)OC(C)C. The van der Waals surface area contributed by atoms with Crippen LogP contribution in [0.2, 0.25) is 0 Å². The van der Waals surface area contributed by atoms with Crippen LogP contribution in [0.1, 0.15) is 27.2 Å². The van der Waals surface area contributed by atoms with Crippen molar-refractivity contribution in [3.8, 4) is 0 Å². The molecule has 0 aliphatic carbocycles. The lowest BCUT2D eigenvalue weighted by Gasteiger charge is -2.23. The van der Waals surface area contributed by atoms with Crippen molar-refractivity contribution in [2.24, 2.45) is 0 Å². The summed E-state index contributed by atoms with van der Waals surface area (Å²) in [7, 11) is -1.62. The molecule has 0 spiro atoms. The number of carbonyl (C=O) groups excluding carboxylic acids is 1. The highest BCUT2D eigenvalue weighted by Gasteiger charge is 2.31. The summed E-state index contributed by atoms with van der Waals surface area (Å²) in [5.74, 6) is 0. The molecule has 102 valence electrons. The van der Waals surface area contributed by atoms with Gasteiger partial charge in [0.1, 0.15) is 6.16 Å². The summed E-state index contributed by atoms with van der Waals surface area (Å²) >= 11 is 5.25. The summed E-state index contributed by atoms with van der Waals surface area (Å²) in [5.41, 5.74) is 0. The number of nitrogens with one attached hydrogen (secondary N) is 1. The number of hydrogen-bond donors (Lipinski definition) is 1. The Morgan fingerprint density at radius 3 is 2.35 bits per heavy atom. The Balaban J connectivity index is 4.47. The molecular weight excluding hydrogens is 265 g/mol. The minimum atomic E-state index is -3.44. The summed E-state index contributed by atoms with van der Waals surface area (Å²) in [5, 5.41) is 2.25.